The van der Waals surface area contributed by atoms with Gasteiger partial charge < -0.3 is 10.1 Å². The van der Waals surface area contributed by atoms with Crippen LogP contribution in [-0.4, -0.2) is 6.54 Å². The van der Waals surface area contributed by atoms with Gasteiger partial charge in [-0.15, -0.1) is 11.3 Å². The molecule has 0 aliphatic rings. The van der Waals surface area contributed by atoms with Crippen LogP contribution in [0.3, 0.4) is 0 Å². The highest BCUT2D eigenvalue weighted by Crippen LogP contribution is 2.25. The zero-order valence-corrected chi connectivity index (χ0v) is 14.6. The van der Waals surface area contributed by atoms with Gasteiger partial charge in [0.25, 0.3) is 0 Å². The standard InChI is InChI=1S/C16H19BrFNOS/c1-3-8-19-11(2)14-6-4-12(9-15(14)18)20-10-13-5-7-16(17)21-13/h4-7,9,11,19H,3,8,10H2,1-2H3. The minimum atomic E-state index is -0.226. The second-order valence-corrected chi connectivity index (χ2v) is 7.40. The molecule has 0 saturated carbocycles. The molecule has 21 heavy (non-hydrogen) atoms. The number of hydrogen-bond acceptors (Lipinski definition) is 3. The van der Waals surface area contributed by atoms with Crippen LogP contribution in [0.15, 0.2) is 34.1 Å². The van der Waals surface area contributed by atoms with Crippen molar-refractivity contribution >= 4 is 27.3 Å². The van der Waals surface area contributed by atoms with Crippen molar-refractivity contribution in [3.63, 3.8) is 0 Å². The lowest BCUT2D eigenvalue weighted by Gasteiger charge is -2.15. The van der Waals surface area contributed by atoms with Crippen LogP contribution < -0.4 is 10.1 Å². The fraction of sp³-hybridized carbons (Fsp3) is 0.375. The second-order valence-electron chi connectivity index (χ2n) is 4.85. The Morgan fingerprint density at radius 2 is 2.14 bits per heavy atom. The van der Waals surface area contributed by atoms with Crippen LogP contribution in [0.25, 0.3) is 0 Å². The van der Waals surface area contributed by atoms with Gasteiger partial charge in [0.1, 0.15) is 18.2 Å². The lowest BCUT2D eigenvalue weighted by atomic mass is 10.1. The number of thiophene rings is 1. The zero-order valence-electron chi connectivity index (χ0n) is 12.2. The summed E-state index contributed by atoms with van der Waals surface area (Å²) in [6.45, 7) is 5.40. The van der Waals surface area contributed by atoms with Gasteiger partial charge in [-0.2, -0.15) is 0 Å². The average Bonchev–Trinajstić information content (AvgIpc) is 2.88. The molecule has 2 nitrogen and oxygen atoms in total. The predicted molar refractivity (Wildman–Crippen MR) is 89.5 cm³/mol. The number of rotatable bonds is 7. The van der Waals surface area contributed by atoms with E-state index in [1.165, 1.54) is 6.07 Å². The number of halogens is 2. The maximum Gasteiger partial charge on any atom is 0.131 e. The first kappa shape index (κ1) is 16.5. The van der Waals surface area contributed by atoms with Crippen molar-refractivity contribution in [3.8, 4) is 5.75 Å². The molecule has 1 unspecified atom stereocenters. The Balaban J connectivity index is 1.98. The normalized spacial score (nSPS) is 12.4. The third-order valence-corrected chi connectivity index (χ3v) is 4.75. The van der Waals surface area contributed by atoms with Crippen LogP contribution in [0, 0.1) is 5.82 Å². The highest BCUT2D eigenvalue weighted by molar-refractivity contribution is 9.11. The van der Waals surface area contributed by atoms with Crippen molar-refractivity contribution in [3.05, 3.63) is 50.4 Å². The van der Waals surface area contributed by atoms with E-state index in [4.69, 9.17) is 4.74 Å². The number of benzene rings is 1. The predicted octanol–water partition coefficient (Wildman–Crippen LogP) is 5.29. The van der Waals surface area contributed by atoms with Gasteiger partial charge in [0.05, 0.1) is 3.79 Å². The Labute approximate surface area is 137 Å². The van der Waals surface area contributed by atoms with Gasteiger partial charge >= 0.3 is 0 Å². The Morgan fingerprint density at radius 1 is 1.33 bits per heavy atom. The number of ether oxygens (including phenoxy) is 1. The summed E-state index contributed by atoms with van der Waals surface area (Å²) in [4.78, 5) is 1.10. The van der Waals surface area contributed by atoms with E-state index in [-0.39, 0.29) is 11.9 Å². The van der Waals surface area contributed by atoms with Crippen molar-refractivity contribution in [1.29, 1.82) is 0 Å². The molecular weight excluding hydrogens is 353 g/mol. The van der Waals surface area contributed by atoms with Crippen LogP contribution in [0.5, 0.6) is 5.75 Å². The monoisotopic (exact) mass is 371 g/mol. The van der Waals surface area contributed by atoms with Crippen LogP contribution in [-0.2, 0) is 6.61 Å². The van der Waals surface area contributed by atoms with Crippen LogP contribution in [0.4, 0.5) is 4.39 Å². The minimum Gasteiger partial charge on any atom is -0.488 e. The third kappa shape index (κ3) is 4.80. The molecule has 2 aromatic rings. The molecule has 0 aliphatic heterocycles. The molecule has 0 aliphatic carbocycles. The molecule has 1 atom stereocenters. The van der Waals surface area contributed by atoms with Gasteiger partial charge in [0.2, 0.25) is 0 Å². The van der Waals surface area contributed by atoms with E-state index in [9.17, 15) is 4.39 Å². The lowest BCUT2D eigenvalue weighted by Crippen LogP contribution is -2.20. The van der Waals surface area contributed by atoms with E-state index in [0.29, 0.717) is 17.9 Å². The summed E-state index contributed by atoms with van der Waals surface area (Å²) in [5.41, 5.74) is 0.676. The third-order valence-electron chi connectivity index (χ3n) is 3.15. The van der Waals surface area contributed by atoms with Crippen molar-refractivity contribution in [2.24, 2.45) is 0 Å². The summed E-state index contributed by atoms with van der Waals surface area (Å²) >= 11 is 5.03. The second kappa shape index (κ2) is 7.92. The highest BCUT2D eigenvalue weighted by atomic mass is 79.9. The quantitative estimate of drug-likeness (QED) is 0.713. The molecule has 1 heterocycles. The molecule has 0 bridgehead atoms. The maximum absolute atomic E-state index is 14.1. The molecular formula is C16H19BrFNOS. The van der Waals surface area contributed by atoms with E-state index < -0.39 is 0 Å². The molecule has 1 aromatic carbocycles. The molecule has 0 saturated heterocycles. The van der Waals surface area contributed by atoms with E-state index in [1.54, 1.807) is 17.4 Å². The van der Waals surface area contributed by atoms with E-state index in [1.807, 2.05) is 25.1 Å². The molecule has 0 fully saturated rings. The first-order valence-electron chi connectivity index (χ1n) is 7.00. The van der Waals surface area contributed by atoms with Gasteiger partial charge in [0.15, 0.2) is 0 Å². The van der Waals surface area contributed by atoms with Crippen molar-refractivity contribution in [1.82, 2.24) is 5.32 Å². The molecule has 1 aromatic heterocycles. The van der Waals surface area contributed by atoms with E-state index in [2.05, 4.69) is 28.2 Å². The number of nitrogens with one attached hydrogen (secondary N) is 1. The largest absolute Gasteiger partial charge is 0.488 e. The van der Waals surface area contributed by atoms with Crippen molar-refractivity contribution in [2.45, 2.75) is 32.9 Å². The lowest BCUT2D eigenvalue weighted by molar-refractivity contribution is 0.307. The SMILES string of the molecule is CCCNC(C)c1ccc(OCc2ccc(Br)s2)cc1F. The van der Waals surface area contributed by atoms with Gasteiger partial charge in [-0.05, 0) is 54.0 Å². The maximum atomic E-state index is 14.1. The Morgan fingerprint density at radius 3 is 2.76 bits per heavy atom. The van der Waals surface area contributed by atoms with Crippen LogP contribution >= 0.6 is 27.3 Å². The minimum absolute atomic E-state index is 0.00671. The van der Waals surface area contributed by atoms with Gasteiger partial charge in [-0.25, -0.2) is 4.39 Å². The molecule has 2 rings (SSSR count). The van der Waals surface area contributed by atoms with Gasteiger partial charge in [-0.3, -0.25) is 0 Å². The highest BCUT2D eigenvalue weighted by Gasteiger charge is 2.11. The topological polar surface area (TPSA) is 21.3 Å². The summed E-state index contributed by atoms with van der Waals surface area (Å²) in [5.74, 6) is 0.333. The van der Waals surface area contributed by atoms with Gasteiger partial charge in [-0.1, -0.05) is 13.0 Å². The summed E-state index contributed by atoms with van der Waals surface area (Å²) < 4.78 is 20.8. The molecule has 5 heteroatoms. The Bertz CT molecular complexity index is 587. The average molecular weight is 372 g/mol. The molecule has 0 spiro atoms. The number of hydrogen-bond donors (Lipinski definition) is 1. The summed E-state index contributed by atoms with van der Waals surface area (Å²) in [5, 5.41) is 3.29. The van der Waals surface area contributed by atoms with E-state index in [0.717, 1.165) is 21.6 Å². The van der Waals surface area contributed by atoms with Crippen molar-refractivity contribution in [2.75, 3.05) is 6.54 Å². The summed E-state index contributed by atoms with van der Waals surface area (Å²) in [6.07, 6.45) is 1.03. The van der Waals surface area contributed by atoms with Crippen LogP contribution in [0.1, 0.15) is 36.8 Å². The fourth-order valence-corrected chi connectivity index (χ4v) is 3.40. The smallest absolute Gasteiger partial charge is 0.131 e. The van der Waals surface area contributed by atoms with Crippen molar-refractivity contribution < 1.29 is 9.13 Å². The Kier molecular flexibility index (Phi) is 6.21. The van der Waals surface area contributed by atoms with Crippen LogP contribution in [0.2, 0.25) is 0 Å². The first-order valence-corrected chi connectivity index (χ1v) is 8.61. The first-order chi connectivity index (χ1) is 10.1. The zero-order chi connectivity index (χ0) is 15.2. The van der Waals surface area contributed by atoms with E-state index >= 15 is 0 Å². The Hall–Kier alpha value is -0.910. The molecule has 1 N–H and O–H groups in total. The molecule has 0 amide bonds. The summed E-state index contributed by atoms with van der Waals surface area (Å²) in [7, 11) is 0. The molecule has 114 valence electrons. The van der Waals surface area contributed by atoms with Gasteiger partial charge in [0, 0.05) is 22.5 Å². The fourth-order valence-electron chi connectivity index (χ4n) is 2.00. The molecule has 0 radical (unpaired) electrons. The summed E-state index contributed by atoms with van der Waals surface area (Å²) in [6, 6.07) is 9.06.